The quantitative estimate of drug-likeness (QED) is 0.640. The van der Waals surface area contributed by atoms with Crippen molar-refractivity contribution >= 4 is 29.0 Å². The van der Waals surface area contributed by atoms with Gasteiger partial charge in [0.15, 0.2) is 5.69 Å². The summed E-state index contributed by atoms with van der Waals surface area (Å²) >= 11 is 11.9. The Morgan fingerprint density at radius 1 is 1.29 bits per heavy atom. The molecule has 0 radical (unpaired) electrons. The smallest absolute Gasteiger partial charge is 0.209 e. The number of halogens is 2. The second-order valence-corrected chi connectivity index (χ2v) is 5.49. The highest BCUT2D eigenvalue weighted by molar-refractivity contribution is 6.42. The molecule has 0 spiro atoms. The zero-order valence-corrected chi connectivity index (χ0v) is 13.4. The van der Waals surface area contributed by atoms with Crippen LogP contribution in [0.2, 0.25) is 10.0 Å². The molecule has 0 fully saturated rings. The fraction of sp³-hybridized carbons (Fsp3) is 0.214. The van der Waals surface area contributed by atoms with Crippen LogP contribution in [0.3, 0.4) is 0 Å². The Bertz CT molecular complexity index is 707. The molecule has 110 valence electrons. The van der Waals surface area contributed by atoms with Gasteiger partial charge in [-0.3, -0.25) is 4.79 Å². The number of ketones is 1. The number of carbonyl (C=O) groups excluding carboxylic acids is 1. The van der Waals surface area contributed by atoms with Gasteiger partial charge in [0.2, 0.25) is 5.78 Å². The molecule has 0 aliphatic heterocycles. The standard InChI is InChI=1S/C14H14Cl2N4O/c1-9-14(13(21)6-7-19(2)3)17-18-20(9)10-4-5-11(15)12(16)8-10/h4-8H,1-3H3. The van der Waals surface area contributed by atoms with Crippen LogP contribution in [0.1, 0.15) is 16.2 Å². The molecule has 0 saturated carbocycles. The highest BCUT2D eigenvalue weighted by Crippen LogP contribution is 2.25. The normalized spacial score (nSPS) is 11.1. The van der Waals surface area contributed by atoms with Gasteiger partial charge in [-0.05, 0) is 25.1 Å². The van der Waals surface area contributed by atoms with E-state index >= 15 is 0 Å². The van der Waals surface area contributed by atoms with E-state index in [9.17, 15) is 4.79 Å². The van der Waals surface area contributed by atoms with Crippen molar-refractivity contribution in [2.24, 2.45) is 0 Å². The van der Waals surface area contributed by atoms with Gasteiger partial charge in [-0.25, -0.2) is 4.68 Å². The first-order valence-electron chi connectivity index (χ1n) is 6.17. The van der Waals surface area contributed by atoms with E-state index < -0.39 is 0 Å². The Kier molecular flexibility index (Phi) is 4.65. The summed E-state index contributed by atoms with van der Waals surface area (Å²) in [6, 6.07) is 5.11. The topological polar surface area (TPSA) is 51.0 Å². The van der Waals surface area contributed by atoms with Crippen LogP contribution in [0.25, 0.3) is 5.69 Å². The van der Waals surface area contributed by atoms with Crippen molar-refractivity contribution in [1.82, 2.24) is 19.9 Å². The minimum atomic E-state index is -0.201. The lowest BCUT2D eigenvalue weighted by atomic mass is 10.2. The summed E-state index contributed by atoms with van der Waals surface area (Å²) < 4.78 is 1.55. The predicted molar refractivity (Wildman–Crippen MR) is 83.3 cm³/mol. The second-order valence-electron chi connectivity index (χ2n) is 4.68. The van der Waals surface area contributed by atoms with Gasteiger partial charge in [0.25, 0.3) is 0 Å². The Labute approximate surface area is 132 Å². The Hall–Kier alpha value is -1.85. The fourth-order valence-electron chi connectivity index (χ4n) is 1.71. The largest absolute Gasteiger partial charge is 0.383 e. The third-order valence-electron chi connectivity index (χ3n) is 2.80. The molecule has 0 bridgehead atoms. The van der Waals surface area contributed by atoms with E-state index in [2.05, 4.69) is 10.3 Å². The van der Waals surface area contributed by atoms with Crippen molar-refractivity contribution in [1.29, 1.82) is 0 Å². The van der Waals surface area contributed by atoms with Gasteiger partial charge in [-0.2, -0.15) is 0 Å². The average molecular weight is 325 g/mol. The van der Waals surface area contributed by atoms with Crippen molar-refractivity contribution < 1.29 is 4.79 Å². The van der Waals surface area contributed by atoms with Crippen LogP contribution in [0.15, 0.2) is 30.5 Å². The van der Waals surface area contributed by atoms with Gasteiger partial charge >= 0.3 is 0 Å². The van der Waals surface area contributed by atoms with E-state index in [1.54, 1.807) is 40.9 Å². The van der Waals surface area contributed by atoms with Crippen LogP contribution in [0.5, 0.6) is 0 Å². The molecule has 0 aliphatic carbocycles. The predicted octanol–water partition coefficient (Wildman–Crippen LogP) is 3.14. The number of hydrogen-bond donors (Lipinski definition) is 0. The minimum absolute atomic E-state index is 0.201. The molecule has 0 aliphatic rings. The SMILES string of the molecule is Cc1c(C(=O)C=CN(C)C)nnn1-c1ccc(Cl)c(Cl)c1. The van der Waals surface area contributed by atoms with Gasteiger partial charge in [-0.1, -0.05) is 28.4 Å². The van der Waals surface area contributed by atoms with Crippen LogP contribution in [-0.2, 0) is 0 Å². The zero-order chi connectivity index (χ0) is 15.6. The first-order chi connectivity index (χ1) is 9.90. The highest BCUT2D eigenvalue weighted by atomic mass is 35.5. The molecule has 1 heterocycles. The summed E-state index contributed by atoms with van der Waals surface area (Å²) in [5.74, 6) is -0.201. The number of nitrogens with zero attached hydrogens (tertiary/aromatic N) is 4. The number of benzene rings is 1. The number of rotatable bonds is 4. The molecular formula is C14H14Cl2N4O. The van der Waals surface area contributed by atoms with Gasteiger partial charge in [-0.15, -0.1) is 5.10 Å². The van der Waals surface area contributed by atoms with E-state index in [0.29, 0.717) is 27.1 Å². The fourth-order valence-corrected chi connectivity index (χ4v) is 2.01. The molecule has 7 heteroatoms. The van der Waals surface area contributed by atoms with Crippen molar-refractivity contribution in [3.63, 3.8) is 0 Å². The molecule has 1 aromatic heterocycles. The van der Waals surface area contributed by atoms with Crippen LogP contribution < -0.4 is 0 Å². The Morgan fingerprint density at radius 2 is 2.00 bits per heavy atom. The molecule has 0 saturated heterocycles. The van der Waals surface area contributed by atoms with Gasteiger partial charge in [0.1, 0.15) is 0 Å². The second kappa shape index (κ2) is 6.28. The lowest BCUT2D eigenvalue weighted by Crippen LogP contribution is -2.05. The molecule has 0 amide bonds. The summed E-state index contributed by atoms with van der Waals surface area (Å²) in [4.78, 5) is 13.8. The maximum absolute atomic E-state index is 12.1. The lowest BCUT2D eigenvalue weighted by Gasteiger charge is -2.05. The lowest BCUT2D eigenvalue weighted by molar-refractivity contribution is 0.104. The summed E-state index contributed by atoms with van der Waals surface area (Å²) in [5.41, 5.74) is 1.64. The van der Waals surface area contributed by atoms with Crippen LogP contribution >= 0.6 is 23.2 Å². The first kappa shape index (κ1) is 15.5. The maximum atomic E-state index is 12.1. The Morgan fingerprint density at radius 3 is 2.62 bits per heavy atom. The minimum Gasteiger partial charge on any atom is -0.383 e. The highest BCUT2D eigenvalue weighted by Gasteiger charge is 2.15. The van der Waals surface area contributed by atoms with Crippen molar-refractivity contribution in [3.8, 4) is 5.69 Å². The van der Waals surface area contributed by atoms with E-state index in [4.69, 9.17) is 23.2 Å². The first-order valence-corrected chi connectivity index (χ1v) is 6.92. The third-order valence-corrected chi connectivity index (χ3v) is 3.54. The molecule has 21 heavy (non-hydrogen) atoms. The molecular weight excluding hydrogens is 311 g/mol. The van der Waals surface area contributed by atoms with Crippen LogP contribution in [-0.4, -0.2) is 39.8 Å². The number of aromatic nitrogens is 3. The third kappa shape index (κ3) is 3.43. The van der Waals surface area contributed by atoms with Crippen LogP contribution in [0, 0.1) is 6.92 Å². The number of carbonyl (C=O) groups is 1. The van der Waals surface area contributed by atoms with Crippen molar-refractivity contribution in [2.75, 3.05) is 14.1 Å². The summed E-state index contributed by atoms with van der Waals surface area (Å²) in [6.07, 6.45) is 3.12. The maximum Gasteiger partial charge on any atom is 0.209 e. The molecule has 0 N–H and O–H groups in total. The summed E-state index contributed by atoms with van der Waals surface area (Å²) in [6.45, 7) is 1.78. The average Bonchev–Trinajstić information content (AvgIpc) is 2.81. The van der Waals surface area contributed by atoms with Gasteiger partial charge in [0.05, 0.1) is 21.4 Å². The summed E-state index contributed by atoms with van der Waals surface area (Å²) in [7, 11) is 3.67. The molecule has 0 atom stereocenters. The van der Waals surface area contributed by atoms with Gasteiger partial charge < -0.3 is 4.90 Å². The van der Waals surface area contributed by atoms with Crippen LogP contribution in [0.4, 0.5) is 0 Å². The molecule has 5 nitrogen and oxygen atoms in total. The molecule has 0 unspecified atom stereocenters. The molecule has 2 rings (SSSR count). The van der Waals surface area contributed by atoms with Gasteiger partial charge in [0, 0.05) is 26.4 Å². The number of hydrogen-bond acceptors (Lipinski definition) is 4. The Balaban J connectivity index is 2.36. The van der Waals surface area contributed by atoms with E-state index in [1.807, 2.05) is 14.1 Å². The summed E-state index contributed by atoms with van der Waals surface area (Å²) in [5, 5.41) is 8.82. The van der Waals surface area contributed by atoms with Crippen molar-refractivity contribution in [2.45, 2.75) is 6.92 Å². The van der Waals surface area contributed by atoms with E-state index in [-0.39, 0.29) is 5.78 Å². The monoisotopic (exact) mass is 324 g/mol. The van der Waals surface area contributed by atoms with E-state index in [0.717, 1.165) is 0 Å². The zero-order valence-electron chi connectivity index (χ0n) is 11.8. The number of allylic oxidation sites excluding steroid dienone is 1. The molecule has 2 aromatic rings. The van der Waals surface area contributed by atoms with Crippen molar-refractivity contribution in [3.05, 3.63) is 51.9 Å². The molecule has 1 aromatic carbocycles. The van der Waals surface area contributed by atoms with E-state index in [1.165, 1.54) is 6.08 Å².